The maximum atomic E-state index is 13.0. The van der Waals surface area contributed by atoms with Crippen LogP contribution in [0.1, 0.15) is 12.8 Å². The van der Waals surface area contributed by atoms with Crippen molar-refractivity contribution in [3.63, 3.8) is 0 Å². The number of hydrogen-bond acceptors (Lipinski definition) is 6. The SMILES string of the molecule is CN1CCN(C(=O)C[C@H]2CN(C(=O)CNS(C)(=O)=O)CC[C@@H]2Oc2ccccc2)CC1. The van der Waals surface area contributed by atoms with Crippen LogP contribution in [-0.2, 0) is 19.6 Å². The Morgan fingerprint density at radius 2 is 1.71 bits per heavy atom. The van der Waals surface area contributed by atoms with E-state index in [2.05, 4.69) is 9.62 Å². The number of piperazine rings is 1. The van der Waals surface area contributed by atoms with Gasteiger partial charge in [0, 0.05) is 58.0 Å². The summed E-state index contributed by atoms with van der Waals surface area (Å²) in [5.74, 6) is 0.357. The molecule has 0 aromatic heterocycles. The molecule has 172 valence electrons. The topological polar surface area (TPSA) is 99.3 Å². The van der Waals surface area contributed by atoms with Gasteiger partial charge in [0.15, 0.2) is 0 Å². The normalized spacial score (nSPS) is 22.9. The Balaban J connectivity index is 1.66. The Morgan fingerprint density at radius 1 is 1.03 bits per heavy atom. The van der Waals surface area contributed by atoms with Crippen molar-refractivity contribution in [2.24, 2.45) is 5.92 Å². The zero-order valence-electron chi connectivity index (χ0n) is 18.2. The first-order valence-corrected chi connectivity index (χ1v) is 12.5. The Labute approximate surface area is 184 Å². The van der Waals surface area contributed by atoms with Crippen LogP contribution in [0.2, 0.25) is 0 Å². The highest BCUT2D eigenvalue weighted by molar-refractivity contribution is 7.88. The van der Waals surface area contributed by atoms with Crippen LogP contribution in [0.3, 0.4) is 0 Å². The molecule has 0 aliphatic carbocycles. The van der Waals surface area contributed by atoms with Crippen LogP contribution < -0.4 is 9.46 Å². The molecule has 1 aromatic rings. The van der Waals surface area contributed by atoms with Gasteiger partial charge < -0.3 is 19.4 Å². The third-order valence-corrected chi connectivity index (χ3v) is 6.49. The first kappa shape index (κ1) is 23.5. The molecule has 1 aromatic carbocycles. The van der Waals surface area contributed by atoms with Gasteiger partial charge in [-0.3, -0.25) is 9.59 Å². The number of likely N-dealkylation sites (N-methyl/N-ethyl adjacent to an activating group) is 1. The van der Waals surface area contributed by atoms with E-state index in [1.807, 2.05) is 42.3 Å². The van der Waals surface area contributed by atoms with Crippen LogP contribution in [0, 0.1) is 5.92 Å². The molecular formula is C21H32N4O5S. The molecule has 9 nitrogen and oxygen atoms in total. The minimum Gasteiger partial charge on any atom is -0.490 e. The monoisotopic (exact) mass is 452 g/mol. The number of nitrogens with zero attached hydrogens (tertiary/aromatic N) is 3. The molecular weight excluding hydrogens is 420 g/mol. The Bertz CT molecular complexity index is 856. The predicted octanol–water partition coefficient (Wildman–Crippen LogP) is -0.00420. The van der Waals surface area contributed by atoms with E-state index < -0.39 is 10.0 Å². The highest BCUT2D eigenvalue weighted by Crippen LogP contribution is 2.26. The minimum absolute atomic E-state index is 0.0725. The van der Waals surface area contributed by atoms with E-state index in [1.165, 1.54) is 0 Å². The Hall–Kier alpha value is -2.17. The standard InChI is InChI=1S/C21H32N4O5S/c1-23-10-12-24(13-11-23)20(26)14-17-16-25(21(27)15-22-31(2,28)29)9-8-19(17)30-18-6-4-3-5-7-18/h3-7,17,19,22H,8-16H2,1-2H3/t17-,19-/m0/s1. The molecule has 2 saturated heterocycles. The third kappa shape index (κ3) is 7.19. The van der Waals surface area contributed by atoms with Crippen molar-refractivity contribution in [1.29, 1.82) is 0 Å². The van der Waals surface area contributed by atoms with Crippen LogP contribution in [0.15, 0.2) is 30.3 Å². The maximum absolute atomic E-state index is 13.0. The highest BCUT2D eigenvalue weighted by atomic mass is 32.2. The number of sulfonamides is 1. The summed E-state index contributed by atoms with van der Waals surface area (Å²) < 4.78 is 31.1. The van der Waals surface area contributed by atoms with Gasteiger partial charge in [0.2, 0.25) is 21.8 Å². The van der Waals surface area contributed by atoms with Gasteiger partial charge in [-0.1, -0.05) is 18.2 Å². The second-order valence-corrected chi connectivity index (χ2v) is 10.2. The van der Waals surface area contributed by atoms with E-state index in [-0.39, 0.29) is 30.4 Å². The van der Waals surface area contributed by atoms with Crippen molar-refractivity contribution in [2.75, 3.05) is 59.1 Å². The summed E-state index contributed by atoms with van der Waals surface area (Å²) >= 11 is 0. The largest absolute Gasteiger partial charge is 0.490 e. The second kappa shape index (κ2) is 10.4. The molecule has 2 heterocycles. The molecule has 2 amide bonds. The van der Waals surface area contributed by atoms with Crippen molar-refractivity contribution >= 4 is 21.8 Å². The van der Waals surface area contributed by atoms with Crippen molar-refractivity contribution < 1.29 is 22.7 Å². The predicted molar refractivity (Wildman–Crippen MR) is 117 cm³/mol. The van der Waals surface area contributed by atoms with Gasteiger partial charge in [0.05, 0.1) is 12.8 Å². The molecule has 0 unspecified atom stereocenters. The lowest BCUT2D eigenvalue weighted by molar-refractivity contribution is -0.139. The average Bonchev–Trinajstić information content (AvgIpc) is 2.74. The number of ether oxygens (including phenoxy) is 1. The van der Waals surface area contributed by atoms with E-state index >= 15 is 0 Å². The summed E-state index contributed by atoms with van der Waals surface area (Å²) in [6.07, 6.45) is 1.72. The summed E-state index contributed by atoms with van der Waals surface area (Å²) in [6.45, 7) is 3.65. The summed E-state index contributed by atoms with van der Waals surface area (Å²) in [7, 11) is -1.41. The third-order valence-electron chi connectivity index (χ3n) is 5.83. The molecule has 31 heavy (non-hydrogen) atoms. The number of benzene rings is 1. The van der Waals surface area contributed by atoms with E-state index in [9.17, 15) is 18.0 Å². The lowest BCUT2D eigenvalue weighted by atomic mass is 9.90. The van der Waals surface area contributed by atoms with Crippen molar-refractivity contribution in [1.82, 2.24) is 19.4 Å². The molecule has 0 bridgehead atoms. The quantitative estimate of drug-likeness (QED) is 0.625. The van der Waals surface area contributed by atoms with Gasteiger partial charge in [-0.05, 0) is 19.2 Å². The van der Waals surface area contributed by atoms with E-state index in [0.717, 1.165) is 25.1 Å². The van der Waals surface area contributed by atoms with Crippen LogP contribution in [-0.4, -0.2) is 100 Å². The van der Waals surface area contributed by atoms with E-state index in [4.69, 9.17) is 4.74 Å². The Kier molecular flexibility index (Phi) is 7.90. The fourth-order valence-electron chi connectivity index (χ4n) is 3.98. The van der Waals surface area contributed by atoms with Gasteiger partial charge in [-0.15, -0.1) is 0 Å². The number of nitrogens with one attached hydrogen (secondary N) is 1. The van der Waals surface area contributed by atoms with Gasteiger partial charge in [-0.2, -0.15) is 0 Å². The molecule has 0 saturated carbocycles. The number of rotatable bonds is 7. The van der Waals surface area contributed by atoms with Crippen molar-refractivity contribution in [3.05, 3.63) is 30.3 Å². The Morgan fingerprint density at radius 3 is 2.35 bits per heavy atom. The lowest BCUT2D eigenvalue weighted by Gasteiger charge is -2.40. The molecule has 1 N–H and O–H groups in total. The molecule has 10 heteroatoms. The number of carbonyl (C=O) groups is 2. The maximum Gasteiger partial charge on any atom is 0.237 e. The van der Waals surface area contributed by atoms with Gasteiger partial charge in [0.25, 0.3) is 0 Å². The summed E-state index contributed by atoms with van der Waals surface area (Å²) in [5.41, 5.74) is 0. The van der Waals surface area contributed by atoms with E-state index in [0.29, 0.717) is 39.0 Å². The number of carbonyl (C=O) groups excluding carboxylic acids is 2. The van der Waals surface area contributed by atoms with Crippen molar-refractivity contribution in [3.8, 4) is 5.75 Å². The lowest BCUT2D eigenvalue weighted by Crippen LogP contribution is -2.52. The number of para-hydroxylation sites is 1. The van der Waals surface area contributed by atoms with Gasteiger partial charge in [-0.25, -0.2) is 13.1 Å². The smallest absolute Gasteiger partial charge is 0.237 e. The summed E-state index contributed by atoms with van der Waals surface area (Å²) in [5, 5.41) is 0. The minimum atomic E-state index is -3.45. The number of piperidine rings is 1. The average molecular weight is 453 g/mol. The summed E-state index contributed by atoms with van der Waals surface area (Å²) in [6, 6.07) is 9.47. The molecule has 2 aliphatic heterocycles. The fourth-order valence-corrected chi connectivity index (χ4v) is 4.36. The zero-order chi connectivity index (χ0) is 22.4. The van der Waals surface area contributed by atoms with Gasteiger partial charge in [0.1, 0.15) is 11.9 Å². The molecule has 0 spiro atoms. The molecule has 2 fully saturated rings. The number of hydrogen-bond donors (Lipinski definition) is 1. The summed E-state index contributed by atoms with van der Waals surface area (Å²) in [4.78, 5) is 31.2. The van der Waals surface area contributed by atoms with Crippen LogP contribution >= 0.6 is 0 Å². The zero-order valence-corrected chi connectivity index (χ0v) is 19.0. The van der Waals surface area contributed by atoms with Crippen LogP contribution in [0.4, 0.5) is 0 Å². The van der Waals surface area contributed by atoms with Crippen molar-refractivity contribution in [2.45, 2.75) is 18.9 Å². The molecule has 0 radical (unpaired) electrons. The molecule has 2 aliphatic rings. The van der Waals surface area contributed by atoms with Crippen LogP contribution in [0.5, 0.6) is 5.75 Å². The van der Waals surface area contributed by atoms with E-state index in [1.54, 1.807) is 4.90 Å². The first-order chi connectivity index (χ1) is 14.7. The second-order valence-electron chi connectivity index (χ2n) is 8.34. The number of amides is 2. The van der Waals surface area contributed by atoms with Crippen LogP contribution in [0.25, 0.3) is 0 Å². The highest BCUT2D eigenvalue weighted by Gasteiger charge is 2.35. The first-order valence-electron chi connectivity index (χ1n) is 10.6. The number of likely N-dealkylation sites (tertiary alicyclic amines) is 1. The van der Waals surface area contributed by atoms with Gasteiger partial charge >= 0.3 is 0 Å². The molecule has 2 atom stereocenters. The molecule has 3 rings (SSSR count). The fraction of sp³-hybridized carbons (Fsp3) is 0.619.